The van der Waals surface area contributed by atoms with Crippen LogP contribution >= 0.6 is 0 Å². The van der Waals surface area contributed by atoms with Gasteiger partial charge in [0.1, 0.15) is 0 Å². The van der Waals surface area contributed by atoms with E-state index in [0.717, 1.165) is 5.56 Å². The van der Waals surface area contributed by atoms with Gasteiger partial charge in [0.05, 0.1) is 18.0 Å². The normalized spacial score (nSPS) is 11.9. The van der Waals surface area contributed by atoms with Crippen molar-refractivity contribution in [1.82, 2.24) is 4.31 Å². The maximum absolute atomic E-state index is 12.4. The van der Waals surface area contributed by atoms with Crippen LogP contribution in [0, 0.1) is 19.3 Å². The average Bonchev–Trinajstić information content (AvgIpc) is 2.38. The largest absolute Gasteiger partial charge is 0.392 e. The van der Waals surface area contributed by atoms with E-state index in [4.69, 9.17) is 11.5 Å². The maximum Gasteiger partial charge on any atom is 0.244 e. The molecule has 0 unspecified atom stereocenters. The summed E-state index contributed by atoms with van der Waals surface area (Å²) in [5.74, 6) is 2.33. The van der Waals surface area contributed by atoms with E-state index >= 15 is 0 Å². The highest BCUT2D eigenvalue weighted by Gasteiger charge is 2.22. The number of hydrogen-bond acceptors (Lipinski definition) is 3. The van der Waals surface area contributed by atoms with Crippen molar-refractivity contribution < 1.29 is 13.5 Å². The summed E-state index contributed by atoms with van der Waals surface area (Å²) in [5.41, 5.74) is 0.989. The standard InChI is InChI=1S/C14H17NO3S/c1-3-10-15(11-4-5-12-16)19(17,18)14-8-6-13(2)7-9-14/h1,4-9,16H,10-12H2,2H3/b5-4-. The molecule has 0 aliphatic heterocycles. The topological polar surface area (TPSA) is 57.6 Å². The van der Waals surface area contributed by atoms with Crippen molar-refractivity contribution in [3.8, 4) is 12.3 Å². The first-order valence-electron chi connectivity index (χ1n) is 5.78. The third kappa shape index (κ3) is 4.21. The van der Waals surface area contributed by atoms with Gasteiger partial charge in [0.25, 0.3) is 0 Å². The number of hydrogen-bond donors (Lipinski definition) is 1. The van der Waals surface area contributed by atoms with E-state index < -0.39 is 10.0 Å². The molecule has 102 valence electrons. The van der Waals surface area contributed by atoms with E-state index in [1.165, 1.54) is 10.4 Å². The van der Waals surface area contributed by atoms with Crippen LogP contribution in [0.25, 0.3) is 0 Å². The molecule has 1 aromatic carbocycles. The predicted octanol–water partition coefficient (Wildman–Crippen LogP) is 1.17. The zero-order chi connectivity index (χ0) is 14.3. The Kier molecular flexibility index (Phi) is 5.77. The molecular weight excluding hydrogens is 262 g/mol. The van der Waals surface area contributed by atoms with Gasteiger partial charge in [-0.3, -0.25) is 0 Å². The second-order valence-electron chi connectivity index (χ2n) is 3.97. The summed E-state index contributed by atoms with van der Waals surface area (Å²) in [4.78, 5) is 0.214. The van der Waals surface area contributed by atoms with Crippen LogP contribution in [0.4, 0.5) is 0 Å². The fourth-order valence-corrected chi connectivity index (χ4v) is 2.78. The van der Waals surface area contributed by atoms with Crippen molar-refractivity contribution in [3.63, 3.8) is 0 Å². The molecule has 0 aromatic heterocycles. The third-order valence-electron chi connectivity index (χ3n) is 2.51. The highest BCUT2D eigenvalue weighted by Crippen LogP contribution is 2.16. The fraction of sp³-hybridized carbons (Fsp3) is 0.286. The number of aryl methyl sites for hydroxylation is 1. The summed E-state index contributed by atoms with van der Waals surface area (Å²) >= 11 is 0. The Morgan fingerprint density at radius 2 is 1.95 bits per heavy atom. The lowest BCUT2D eigenvalue weighted by molar-refractivity contribution is 0.342. The molecule has 0 bridgehead atoms. The second kappa shape index (κ2) is 7.10. The fourth-order valence-electron chi connectivity index (χ4n) is 1.48. The number of sulfonamides is 1. The highest BCUT2D eigenvalue weighted by molar-refractivity contribution is 7.89. The lowest BCUT2D eigenvalue weighted by atomic mass is 10.2. The van der Waals surface area contributed by atoms with Crippen LogP contribution in [-0.2, 0) is 10.0 Å². The van der Waals surface area contributed by atoms with Crippen molar-refractivity contribution in [1.29, 1.82) is 0 Å². The number of nitrogens with zero attached hydrogens (tertiary/aromatic N) is 1. The molecule has 0 saturated heterocycles. The van der Waals surface area contributed by atoms with E-state index in [0.29, 0.717) is 0 Å². The van der Waals surface area contributed by atoms with Gasteiger partial charge in [0.15, 0.2) is 0 Å². The third-order valence-corrected chi connectivity index (χ3v) is 4.33. The molecule has 0 atom stereocenters. The summed E-state index contributed by atoms with van der Waals surface area (Å²) in [7, 11) is -3.60. The zero-order valence-corrected chi connectivity index (χ0v) is 11.6. The van der Waals surface area contributed by atoms with E-state index in [2.05, 4.69) is 5.92 Å². The van der Waals surface area contributed by atoms with Crippen molar-refractivity contribution in [2.75, 3.05) is 19.7 Å². The minimum atomic E-state index is -3.60. The van der Waals surface area contributed by atoms with Crippen molar-refractivity contribution in [3.05, 3.63) is 42.0 Å². The molecule has 0 amide bonds. The van der Waals surface area contributed by atoms with Crippen LogP contribution in [-0.4, -0.2) is 37.5 Å². The predicted molar refractivity (Wildman–Crippen MR) is 75.0 cm³/mol. The summed E-state index contributed by atoms with van der Waals surface area (Å²) in [6.07, 6.45) is 8.26. The molecule has 1 N–H and O–H groups in total. The van der Waals surface area contributed by atoms with Crippen LogP contribution in [0.15, 0.2) is 41.3 Å². The Balaban J connectivity index is 3.02. The molecule has 0 radical (unpaired) electrons. The molecule has 0 saturated carbocycles. The number of rotatable bonds is 6. The Labute approximate surface area is 114 Å². The summed E-state index contributed by atoms with van der Waals surface area (Å²) in [6.45, 7) is 1.89. The van der Waals surface area contributed by atoms with E-state index in [1.807, 2.05) is 6.92 Å². The zero-order valence-electron chi connectivity index (χ0n) is 10.8. The molecule has 0 aliphatic carbocycles. The summed E-state index contributed by atoms with van der Waals surface area (Å²) < 4.78 is 25.9. The number of aliphatic hydroxyl groups excluding tert-OH is 1. The summed E-state index contributed by atoms with van der Waals surface area (Å²) in [5, 5.41) is 8.66. The Morgan fingerprint density at radius 3 is 2.47 bits per heavy atom. The van der Waals surface area contributed by atoms with Gasteiger partial charge in [-0.2, -0.15) is 4.31 Å². The lowest BCUT2D eigenvalue weighted by Crippen LogP contribution is -2.31. The van der Waals surface area contributed by atoms with Gasteiger partial charge in [-0.05, 0) is 19.1 Å². The van der Waals surface area contributed by atoms with Gasteiger partial charge in [0.2, 0.25) is 10.0 Å². The van der Waals surface area contributed by atoms with Gasteiger partial charge < -0.3 is 5.11 Å². The van der Waals surface area contributed by atoms with Crippen LogP contribution in [0.5, 0.6) is 0 Å². The molecule has 0 heterocycles. The van der Waals surface area contributed by atoms with E-state index in [9.17, 15) is 8.42 Å². The Morgan fingerprint density at radius 1 is 1.32 bits per heavy atom. The Hall–Kier alpha value is -1.61. The van der Waals surface area contributed by atoms with Gasteiger partial charge in [-0.15, -0.1) is 6.42 Å². The van der Waals surface area contributed by atoms with Crippen LogP contribution in [0.2, 0.25) is 0 Å². The SMILES string of the molecule is C#CCN(C/C=C\CO)S(=O)(=O)c1ccc(C)cc1. The first-order valence-corrected chi connectivity index (χ1v) is 7.22. The lowest BCUT2D eigenvalue weighted by Gasteiger charge is -2.18. The number of aliphatic hydroxyl groups is 1. The van der Waals surface area contributed by atoms with E-state index in [-0.39, 0.29) is 24.6 Å². The quantitative estimate of drug-likeness (QED) is 0.628. The molecule has 0 fully saturated rings. The minimum absolute atomic E-state index is 0.00796. The minimum Gasteiger partial charge on any atom is -0.392 e. The first-order chi connectivity index (χ1) is 9.02. The van der Waals surface area contributed by atoms with Crippen molar-refractivity contribution in [2.24, 2.45) is 0 Å². The molecule has 1 rings (SSSR count). The highest BCUT2D eigenvalue weighted by atomic mass is 32.2. The maximum atomic E-state index is 12.4. The molecule has 19 heavy (non-hydrogen) atoms. The van der Waals surface area contributed by atoms with Crippen LogP contribution in [0.1, 0.15) is 5.56 Å². The Bertz CT molecular complexity index is 568. The van der Waals surface area contributed by atoms with Crippen LogP contribution in [0.3, 0.4) is 0 Å². The van der Waals surface area contributed by atoms with Gasteiger partial charge in [-0.1, -0.05) is 35.8 Å². The number of benzene rings is 1. The molecule has 5 heteroatoms. The number of terminal acetylenes is 1. The average molecular weight is 279 g/mol. The smallest absolute Gasteiger partial charge is 0.244 e. The molecule has 1 aromatic rings. The van der Waals surface area contributed by atoms with Crippen molar-refractivity contribution >= 4 is 10.0 Å². The van der Waals surface area contributed by atoms with Gasteiger partial charge in [0, 0.05) is 6.54 Å². The van der Waals surface area contributed by atoms with Crippen LogP contribution < -0.4 is 0 Å². The molecule has 4 nitrogen and oxygen atoms in total. The van der Waals surface area contributed by atoms with Gasteiger partial charge >= 0.3 is 0 Å². The first kappa shape index (κ1) is 15.4. The van der Waals surface area contributed by atoms with E-state index in [1.54, 1.807) is 30.3 Å². The second-order valence-corrected chi connectivity index (χ2v) is 5.91. The summed E-state index contributed by atoms with van der Waals surface area (Å²) in [6, 6.07) is 6.60. The molecule has 0 spiro atoms. The molecular formula is C14H17NO3S. The molecule has 0 aliphatic rings. The van der Waals surface area contributed by atoms with Crippen molar-refractivity contribution in [2.45, 2.75) is 11.8 Å². The monoisotopic (exact) mass is 279 g/mol. The van der Waals surface area contributed by atoms with Gasteiger partial charge in [-0.25, -0.2) is 8.42 Å².